The summed E-state index contributed by atoms with van der Waals surface area (Å²) in [7, 11) is 0. The van der Waals surface area contributed by atoms with Gasteiger partial charge in [-0.2, -0.15) is 13.2 Å². The van der Waals surface area contributed by atoms with E-state index in [-0.39, 0.29) is 11.2 Å². The lowest BCUT2D eigenvalue weighted by Gasteiger charge is -2.12. The Balaban J connectivity index is 2.08. The highest BCUT2D eigenvalue weighted by Crippen LogP contribution is 2.32. The zero-order valence-electron chi connectivity index (χ0n) is 9.40. The Morgan fingerprint density at radius 1 is 1.39 bits per heavy atom. The van der Waals surface area contributed by atoms with Crippen LogP contribution in [0.5, 0.6) is 0 Å². The van der Waals surface area contributed by atoms with Crippen LogP contribution in [0.1, 0.15) is 24.2 Å². The molecule has 0 aromatic carbocycles. The van der Waals surface area contributed by atoms with Gasteiger partial charge in [0.1, 0.15) is 0 Å². The molecule has 0 saturated heterocycles. The fraction of sp³-hybridized carbons (Fsp3) is 0.273. The summed E-state index contributed by atoms with van der Waals surface area (Å²) in [6, 6.07) is 3.48. The number of pyridine rings is 1. The van der Waals surface area contributed by atoms with Gasteiger partial charge in [0.2, 0.25) is 0 Å². The average molecular weight is 273 g/mol. The minimum atomic E-state index is -4.39. The maximum Gasteiger partial charge on any atom is 0.434 e. The van der Waals surface area contributed by atoms with Crippen molar-refractivity contribution in [3.63, 3.8) is 0 Å². The van der Waals surface area contributed by atoms with Gasteiger partial charge in [-0.15, -0.1) is 11.3 Å². The van der Waals surface area contributed by atoms with Crippen molar-refractivity contribution >= 4 is 16.5 Å². The molecule has 0 fully saturated rings. The van der Waals surface area contributed by atoms with E-state index in [1.807, 2.05) is 13.0 Å². The lowest BCUT2D eigenvalue weighted by molar-refractivity contribution is -0.140. The Hall–Kier alpha value is -1.63. The first-order valence-corrected chi connectivity index (χ1v) is 6.04. The van der Waals surface area contributed by atoms with Gasteiger partial charge in [-0.25, -0.2) is 4.98 Å². The summed E-state index contributed by atoms with van der Waals surface area (Å²) in [4.78, 5) is 7.46. The van der Waals surface area contributed by atoms with E-state index in [4.69, 9.17) is 0 Å². The molecule has 0 aliphatic rings. The molecule has 0 radical (unpaired) electrons. The van der Waals surface area contributed by atoms with E-state index in [9.17, 15) is 13.2 Å². The second-order valence-electron chi connectivity index (χ2n) is 3.69. The molecule has 1 unspecified atom stereocenters. The molecule has 7 heteroatoms. The van der Waals surface area contributed by atoms with Crippen LogP contribution in [0.3, 0.4) is 0 Å². The van der Waals surface area contributed by atoms with E-state index in [2.05, 4.69) is 15.3 Å². The van der Waals surface area contributed by atoms with Gasteiger partial charge >= 0.3 is 6.18 Å². The zero-order chi connectivity index (χ0) is 13.2. The molecular weight excluding hydrogens is 263 g/mol. The molecule has 2 aromatic rings. The van der Waals surface area contributed by atoms with Gasteiger partial charge in [-0.3, -0.25) is 4.98 Å². The molecule has 0 saturated carbocycles. The lowest BCUT2D eigenvalue weighted by atomic mass is 10.1. The molecule has 2 rings (SSSR count). The SMILES string of the molecule is CC(Nc1nc(C(F)(F)F)cs1)c1cccnc1. The van der Waals surface area contributed by atoms with Crippen molar-refractivity contribution in [1.82, 2.24) is 9.97 Å². The number of rotatable bonds is 3. The summed E-state index contributed by atoms with van der Waals surface area (Å²) in [5, 5.41) is 4.17. The number of hydrogen-bond acceptors (Lipinski definition) is 4. The molecule has 18 heavy (non-hydrogen) atoms. The Kier molecular flexibility index (Phi) is 3.51. The second kappa shape index (κ2) is 4.93. The highest BCUT2D eigenvalue weighted by Gasteiger charge is 2.33. The number of halogens is 3. The van der Waals surface area contributed by atoms with Gasteiger partial charge in [0, 0.05) is 17.8 Å². The zero-order valence-corrected chi connectivity index (χ0v) is 10.2. The maximum absolute atomic E-state index is 12.4. The van der Waals surface area contributed by atoms with Gasteiger partial charge in [0.25, 0.3) is 0 Å². The van der Waals surface area contributed by atoms with Crippen LogP contribution in [-0.4, -0.2) is 9.97 Å². The first-order valence-electron chi connectivity index (χ1n) is 5.16. The van der Waals surface area contributed by atoms with Crippen molar-refractivity contribution in [2.24, 2.45) is 0 Å². The van der Waals surface area contributed by atoms with Crippen LogP contribution in [0.15, 0.2) is 29.9 Å². The Labute approximate surface area is 106 Å². The summed E-state index contributed by atoms with van der Waals surface area (Å²) < 4.78 is 37.1. The molecule has 0 amide bonds. The van der Waals surface area contributed by atoms with E-state index in [0.29, 0.717) is 0 Å². The molecule has 1 N–H and O–H groups in total. The first-order chi connectivity index (χ1) is 8.47. The number of aromatic nitrogens is 2. The Morgan fingerprint density at radius 2 is 2.17 bits per heavy atom. The van der Waals surface area contributed by atoms with Crippen molar-refractivity contribution in [3.8, 4) is 0 Å². The first kappa shape index (κ1) is 12.8. The predicted molar refractivity (Wildman–Crippen MR) is 63.4 cm³/mol. The van der Waals surface area contributed by atoms with Gasteiger partial charge < -0.3 is 5.32 Å². The number of hydrogen-bond donors (Lipinski definition) is 1. The van der Waals surface area contributed by atoms with E-state index < -0.39 is 11.9 Å². The summed E-state index contributed by atoms with van der Waals surface area (Å²) in [6.07, 6.45) is -1.09. The molecule has 0 aliphatic carbocycles. The summed E-state index contributed by atoms with van der Waals surface area (Å²) in [5.41, 5.74) is 0.0228. The molecule has 96 valence electrons. The molecule has 0 aliphatic heterocycles. The van der Waals surface area contributed by atoms with Crippen LogP contribution in [0.25, 0.3) is 0 Å². The van der Waals surface area contributed by atoms with Gasteiger partial charge in [0.05, 0.1) is 6.04 Å². The molecule has 2 aromatic heterocycles. The van der Waals surface area contributed by atoms with E-state index >= 15 is 0 Å². The minimum Gasteiger partial charge on any atom is -0.355 e. The largest absolute Gasteiger partial charge is 0.434 e. The van der Waals surface area contributed by atoms with Crippen molar-refractivity contribution in [3.05, 3.63) is 41.2 Å². The monoisotopic (exact) mass is 273 g/mol. The lowest BCUT2D eigenvalue weighted by Crippen LogP contribution is -2.08. The fourth-order valence-electron chi connectivity index (χ4n) is 1.37. The van der Waals surface area contributed by atoms with E-state index in [1.54, 1.807) is 18.5 Å². The summed E-state index contributed by atoms with van der Waals surface area (Å²) in [6.45, 7) is 1.84. The topological polar surface area (TPSA) is 37.8 Å². The Bertz CT molecular complexity index is 510. The molecule has 0 bridgehead atoms. The van der Waals surface area contributed by atoms with Crippen molar-refractivity contribution in [2.75, 3.05) is 5.32 Å². The predicted octanol–water partition coefficient (Wildman–Crippen LogP) is 3.73. The number of alkyl halides is 3. The van der Waals surface area contributed by atoms with Crippen LogP contribution in [0.4, 0.5) is 18.3 Å². The van der Waals surface area contributed by atoms with Crippen molar-refractivity contribution < 1.29 is 13.2 Å². The highest BCUT2D eigenvalue weighted by atomic mass is 32.1. The molecule has 3 nitrogen and oxygen atoms in total. The van der Waals surface area contributed by atoms with E-state index in [0.717, 1.165) is 22.3 Å². The highest BCUT2D eigenvalue weighted by molar-refractivity contribution is 7.13. The van der Waals surface area contributed by atoms with Crippen LogP contribution >= 0.6 is 11.3 Å². The maximum atomic E-state index is 12.4. The Morgan fingerprint density at radius 3 is 2.72 bits per heavy atom. The number of nitrogens with one attached hydrogen (secondary N) is 1. The van der Waals surface area contributed by atoms with Crippen molar-refractivity contribution in [2.45, 2.75) is 19.1 Å². The third kappa shape index (κ3) is 2.98. The molecule has 1 atom stereocenters. The standard InChI is InChI=1S/C11H10F3N3S/c1-7(8-3-2-4-15-5-8)16-10-17-9(6-18-10)11(12,13)14/h2-7H,1H3,(H,16,17). The number of nitrogens with zero attached hydrogens (tertiary/aromatic N) is 2. The van der Waals surface area contributed by atoms with Gasteiger partial charge in [-0.1, -0.05) is 6.07 Å². The second-order valence-corrected chi connectivity index (χ2v) is 4.55. The molecule has 0 spiro atoms. The molecular formula is C11H10F3N3S. The summed E-state index contributed by atoms with van der Waals surface area (Å²) >= 11 is 0.937. The van der Waals surface area contributed by atoms with Crippen LogP contribution in [-0.2, 0) is 6.18 Å². The minimum absolute atomic E-state index is 0.147. The van der Waals surface area contributed by atoms with Gasteiger partial charge in [-0.05, 0) is 18.6 Å². The van der Waals surface area contributed by atoms with Crippen LogP contribution < -0.4 is 5.32 Å². The quantitative estimate of drug-likeness (QED) is 0.926. The van der Waals surface area contributed by atoms with Gasteiger partial charge in [0.15, 0.2) is 10.8 Å². The van der Waals surface area contributed by atoms with Crippen molar-refractivity contribution in [1.29, 1.82) is 0 Å². The summed E-state index contributed by atoms with van der Waals surface area (Å²) in [5.74, 6) is 0. The molecule has 2 heterocycles. The fourth-order valence-corrected chi connectivity index (χ4v) is 2.18. The van der Waals surface area contributed by atoms with Crippen LogP contribution in [0, 0.1) is 0 Å². The van der Waals surface area contributed by atoms with E-state index in [1.165, 1.54) is 0 Å². The average Bonchev–Trinajstić information content (AvgIpc) is 2.78. The van der Waals surface area contributed by atoms with Crippen LogP contribution in [0.2, 0.25) is 0 Å². The third-order valence-corrected chi connectivity index (χ3v) is 3.09. The number of anilines is 1. The third-order valence-electron chi connectivity index (χ3n) is 2.32. The number of thiazole rings is 1. The smallest absolute Gasteiger partial charge is 0.355 e. The normalized spacial score (nSPS) is 13.3.